The van der Waals surface area contributed by atoms with Crippen LogP contribution in [0, 0.1) is 23.7 Å². The Balaban J connectivity index is 2.24. The predicted octanol–water partition coefficient (Wildman–Crippen LogP) is 1.20. The van der Waals surface area contributed by atoms with Gasteiger partial charge in [-0.2, -0.15) is 0 Å². The van der Waals surface area contributed by atoms with Gasteiger partial charge in [0.1, 0.15) is 0 Å². The first-order valence-electron chi connectivity index (χ1n) is 4.26. The van der Waals surface area contributed by atoms with Gasteiger partial charge in [0.15, 0.2) is 0 Å². The maximum Gasteiger partial charge on any atom is 0.0702 e. The van der Waals surface area contributed by atoms with E-state index in [1.165, 1.54) is 11.1 Å². The first-order valence-corrected chi connectivity index (χ1v) is 4.26. The molecular weight excluding hydrogens is 146 g/mol. The smallest absolute Gasteiger partial charge is 0.0702 e. The molecule has 0 heterocycles. The van der Waals surface area contributed by atoms with Crippen molar-refractivity contribution in [1.82, 2.24) is 0 Å². The van der Waals surface area contributed by atoms with Crippen LogP contribution in [0.2, 0.25) is 0 Å². The lowest BCUT2D eigenvalue weighted by Gasteiger charge is -2.12. The molecule has 0 amide bonds. The topological polar surface area (TPSA) is 26.0 Å². The normalized spacial score (nSPS) is 25.9. The van der Waals surface area contributed by atoms with Gasteiger partial charge in [-0.3, -0.25) is 0 Å². The van der Waals surface area contributed by atoms with Gasteiger partial charge in [0.2, 0.25) is 0 Å². The highest BCUT2D eigenvalue weighted by atomic mass is 14.6. The molecule has 2 aliphatic rings. The molecule has 1 atom stereocenters. The Morgan fingerprint density at radius 2 is 1.67 bits per heavy atom. The largest absolute Gasteiger partial charge is 0.317 e. The third-order valence-corrected chi connectivity index (χ3v) is 2.28. The van der Waals surface area contributed by atoms with Crippen LogP contribution in [0.3, 0.4) is 0 Å². The zero-order valence-corrected chi connectivity index (χ0v) is 6.98. The van der Waals surface area contributed by atoms with Crippen molar-refractivity contribution in [2.24, 2.45) is 5.73 Å². The Hall–Kier alpha value is -1.18. The van der Waals surface area contributed by atoms with Crippen molar-refractivity contribution in [3.63, 3.8) is 0 Å². The molecule has 60 valence electrons. The SMILES string of the molecule is NC1C#CCC2=C(CC#CC2)C1. The molecule has 0 bridgehead atoms. The van der Waals surface area contributed by atoms with Crippen LogP contribution in [0.4, 0.5) is 0 Å². The Bertz CT molecular complexity index is 341. The third-order valence-electron chi connectivity index (χ3n) is 2.28. The lowest BCUT2D eigenvalue weighted by molar-refractivity contribution is 0.798. The minimum atomic E-state index is 0.0393. The second-order valence-electron chi connectivity index (χ2n) is 3.22. The van der Waals surface area contributed by atoms with Gasteiger partial charge in [-0.05, 0) is 12.0 Å². The van der Waals surface area contributed by atoms with Gasteiger partial charge >= 0.3 is 0 Å². The van der Waals surface area contributed by atoms with Crippen molar-refractivity contribution >= 4 is 0 Å². The fourth-order valence-electron chi connectivity index (χ4n) is 1.60. The fourth-order valence-corrected chi connectivity index (χ4v) is 1.60. The standard InChI is InChI=1S/C11H11N/c12-11-7-3-6-9-4-1-2-5-10(9)8-11/h11H,4-6,8,12H2. The number of rotatable bonds is 0. The maximum atomic E-state index is 5.79. The lowest BCUT2D eigenvalue weighted by Crippen LogP contribution is -2.17. The number of nitrogens with two attached hydrogens (primary N) is 1. The van der Waals surface area contributed by atoms with E-state index in [9.17, 15) is 0 Å². The van der Waals surface area contributed by atoms with E-state index < -0.39 is 0 Å². The van der Waals surface area contributed by atoms with Gasteiger partial charge in [0.05, 0.1) is 6.04 Å². The molecule has 0 aromatic heterocycles. The van der Waals surface area contributed by atoms with Crippen molar-refractivity contribution in [1.29, 1.82) is 0 Å². The summed E-state index contributed by atoms with van der Waals surface area (Å²) >= 11 is 0. The summed E-state index contributed by atoms with van der Waals surface area (Å²) in [5.41, 5.74) is 8.64. The Kier molecular flexibility index (Phi) is 1.90. The summed E-state index contributed by atoms with van der Waals surface area (Å²) in [5, 5.41) is 0. The third kappa shape index (κ3) is 1.37. The van der Waals surface area contributed by atoms with Gasteiger partial charge in [-0.1, -0.05) is 29.3 Å². The molecule has 0 fully saturated rings. The molecule has 0 spiro atoms. The molecule has 0 saturated heterocycles. The van der Waals surface area contributed by atoms with E-state index in [0.29, 0.717) is 0 Å². The highest BCUT2D eigenvalue weighted by molar-refractivity contribution is 5.35. The molecule has 0 aromatic rings. The van der Waals surface area contributed by atoms with Gasteiger partial charge in [0.25, 0.3) is 0 Å². The zero-order chi connectivity index (χ0) is 8.39. The van der Waals surface area contributed by atoms with E-state index in [1.807, 2.05) is 0 Å². The van der Waals surface area contributed by atoms with Crippen LogP contribution < -0.4 is 5.73 Å². The Labute approximate surface area is 73.0 Å². The number of allylic oxidation sites excluding steroid dienone is 1. The zero-order valence-electron chi connectivity index (χ0n) is 6.98. The highest BCUT2D eigenvalue weighted by Crippen LogP contribution is 2.23. The quantitative estimate of drug-likeness (QED) is 0.415. The van der Waals surface area contributed by atoms with Crippen molar-refractivity contribution in [3.8, 4) is 23.7 Å². The summed E-state index contributed by atoms with van der Waals surface area (Å²) in [6.07, 6.45) is 3.64. The second kappa shape index (κ2) is 3.05. The summed E-state index contributed by atoms with van der Waals surface area (Å²) in [6.45, 7) is 0. The van der Waals surface area contributed by atoms with Crippen LogP contribution in [-0.4, -0.2) is 6.04 Å². The van der Waals surface area contributed by atoms with Crippen LogP contribution in [0.1, 0.15) is 25.7 Å². The molecule has 0 radical (unpaired) electrons. The van der Waals surface area contributed by atoms with Crippen molar-refractivity contribution in [2.45, 2.75) is 31.7 Å². The molecular formula is C11H11N. The summed E-state index contributed by atoms with van der Waals surface area (Å²) in [4.78, 5) is 0. The predicted molar refractivity (Wildman–Crippen MR) is 49.0 cm³/mol. The van der Waals surface area contributed by atoms with E-state index >= 15 is 0 Å². The van der Waals surface area contributed by atoms with E-state index in [0.717, 1.165) is 25.7 Å². The number of hydrogen-bond acceptors (Lipinski definition) is 1. The monoisotopic (exact) mass is 157 g/mol. The summed E-state index contributed by atoms with van der Waals surface area (Å²) in [5.74, 6) is 12.4. The molecule has 0 aliphatic heterocycles. The van der Waals surface area contributed by atoms with E-state index in [2.05, 4.69) is 23.7 Å². The molecule has 0 aromatic carbocycles. The Morgan fingerprint density at radius 1 is 1.00 bits per heavy atom. The van der Waals surface area contributed by atoms with Crippen LogP contribution in [0.5, 0.6) is 0 Å². The molecule has 2 aliphatic carbocycles. The molecule has 2 rings (SSSR count). The molecule has 1 unspecified atom stereocenters. The van der Waals surface area contributed by atoms with Crippen LogP contribution in [0.25, 0.3) is 0 Å². The molecule has 1 nitrogen and oxygen atoms in total. The van der Waals surface area contributed by atoms with Crippen LogP contribution in [-0.2, 0) is 0 Å². The summed E-state index contributed by atoms with van der Waals surface area (Å²) in [6, 6.07) is 0.0393. The first kappa shape index (κ1) is 7.47. The number of hydrogen-bond donors (Lipinski definition) is 1. The first-order chi connectivity index (χ1) is 5.86. The summed E-state index contributed by atoms with van der Waals surface area (Å²) < 4.78 is 0. The van der Waals surface area contributed by atoms with E-state index in [4.69, 9.17) is 5.73 Å². The van der Waals surface area contributed by atoms with Crippen molar-refractivity contribution in [2.75, 3.05) is 0 Å². The van der Waals surface area contributed by atoms with Crippen molar-refractivity contribution < 1.29 is 0 Å². The van der Waals surface area contributed by atoms with Gasteiger partial charge in [0, 0.05) is 19.3 Å². The lowest BCUT2D eigenvalue weighted by atomic mass is 9.94. The fraction of sp³-hybridized carbons (Fsp3) is 0.455. The molecule has 1 heteroatoms. The van der Waals surface area contributed by atoms with Crippen molar-refractivity contribution in [3.05, 3.63) is 11.1 Å². The van der Waals surface area contributed by atoms with Crippen LogP contribution in [0.15, 0.2) is 11.1 Å². The van der Waals surface area contributed by atoms with E-state index in [1.54, 1.807) is 0 Å². The van der Waals surface area contributed by atoms with Gasteiger partial charge < -0.3 is 5.73 Å². The van der Waals surface area contributed by atoms with Crippen LogP contribution >= 0.6 is 0 Å². The summed E-state index contributed by atoms with van der Waals surface area (Å²) in [7, 11) is 0. The minimum absolute atomic E-state index is 0.0393. The highest BCUT2D eigenvalue weighted by Gasteiger charge is 2.12. The minimum Gasteiger partial charge on any atom is -0.317 e. The second-order valence-corrected chi connectivity index (χ2v) is 3.22. The van der Waals surface area contributed by atoms with Gasteiger partial charge in [-0.25, -0.2) is 0 Å². The molecule has 0 saturated carbocycles. The van der Waals surface area contributed by atoms with Gasteiger partial charge in [-0.15, -0.1) is 0 Å². The average Bonchev–Trinajstić information content (AvgIpc) is 2.25. The molecule has 12 heavy (non-hydrogen) atoms. The van der Waals surface area contributed by atoms with E-state index in [-0.39, 0.29) is 6.04 Å². The average molecular weight is 157 g/mol. The maximum absolute atomic E-state index is 5.79. The molecule has 2 N–H and O–H groups in total. The Morgan fingerprint density at radius 3 is 2.50 bits per heavy atom.